The first-order valence-electron chi connectivity index (χ1n) is 5.72. The highest BCUT2D eigenvalue weighted by Gasteiger charge is 2.15. The van der Waals surface area contributed by atoms with Gasteiger partial charge in [0.15, 0.2) is 0 Å². The highest BCUT2D eigenvalue weighted by molar-refractivity contribution is 9.10. The topological polar surface area (TPSA) is 0 Å². The van der Waals surface area contributed by atoms with Gasteiger partial charge in [-0.3, -0.25) is 0 Å². The summed E-state index contributed by atoms with van der Waals surface area (Å²) in [5, 5.41) is -0.240. The predicted octanol–water partition coefficient (Wildman–Crippen LogP) is 5.42. The van der Waals surface area contributed by atoms with E-state index in [2.05, 4.69) is 15.9 Å². The molecule has 0 aliphatic rings. The zero-order valence-corrected chi connectivity index (χ0v) is 12.3. The maximum absolute atomic E-state index is 13.6. The zero-order valence-electron chi connectivity index (χ0n) is 9.96. The van der Waals surface area contributed by atoms with Gasteiger partial charge < -0.3 is 0 Å². The van der Waals surface area contributed by atoms with Gasteiger partial charge in [0, 0.05) is 4.47 Å². The molecule has 0 aliphatic heterocycles. The van der Waals surface area contributed by atoms with E-state index in [0.717, 1.165) is 15.6 Å². The van der Waals surface area contributed by atoms with Crippen LogP contribution in [0.3, 0.4) is 0 Å². The second-order valence-corrected chi connectivity index (χ2v) is 5.56. The minimum atomic E-state index is -0.240. The number of rotatable bonds is 3. The summed E-state index contributed by atoms with van der Waals surface area (Å²) >= 11 is 9.93. The van der Waals surface area contributed by atoms with E-state index in [1.54, 1.807) is 12.1 Å². The van der Waals surface area contributed by atoms with Gasteiger partial charge in [-0.25, -0.2) is 4.39 Å². The molecule has 94 valence electrons. The zero-order chi connectivity index (χ0) is 13.1. The van der Waals surface area contributed by atoms with E-state index in [-0.39, 0.29) is 11.2 Å². The molecule has 0 aromatic heterocycles. The first kappa shape index (κ1) is 13.6. The molecule has 0 radical (unpaired) electrons. The van der Waals surface area contributed by atoms with Crippen molar-refractivity contribution >= 4 is 27.5 Å². The Hall–Kier alpha value is -0.860. The lowest BCUT2D eigenvalue weighted by molar-refractivity contribution is 0.607. The van der Waals surface area contributed by atoms with Crippen molar-refractivity contribution in [2.24, 2.45) is 0 Å². The van der Waals surface area contributed by atoms with E-state index in [1.165, 1.54) is 6.07 Å². The number of alkyl halides is 1. The van der Waals surface area contributed by atoms with E-state index in [1.807, 2.05) is 31.2 Å². The van der Waals surface area contributed by atoms with Crippen LogP contribution in [0.15, 0.2) is 46.9 Å². The Morgan fingerprint density at radius 3 is 2.61 bits per heavy atom. The molecule has 0 amide bonds. The minimum absolute atomic E-state index is 0.202. The van der Waals surface area contributed by atoms with Gasteiger partial charge in [0.25, 0.3) is 0 Å². The van der Waals surface area contributed by atoms with Crippen LogP contribution in [0.5, 0.6) is 0 Å². The molecule has 0 spiro atoms. The number of benzene rings is 2. The average molecular weight is 328 g/mol. The lowest BCUT2D eigenvalue weighted by Crippen LogP contribution is -2.00. The molecule has 2 aromatic rings. The van der Waals surface area contributed by atoms with Gasteiger partial charge in [0.05, 0.1) is 5.38 Å². The van der Waals surface area contributed by atoms with Crippen molar-refractivity contribution in [2.45, 2.75) is 18.7 Å². The second kappa shape index (κ2) is 5.85. The highest BCUT2D eigenvalue weighted by atomic mass is 79.9. The molecule has 0 nitrogen and oxygen atoms in total. The van der Waals surface area contributed by atoms with Gasteiger partial charge in [-0.1, -0.05) is 52.3 Å². The lowest BCUT2D eigenvalue weighted by Gasteiger charge is -2.14. The summed E-state index contributed by atoms with van der Waals surface area (Å²) in [6.07, 6.45) is 0.482. The van der Waals surface area contributed by atoms with Crippen LogP contribution in [0, 0.1) is 12.7 Å². The van der Waals surface area contributed by atoms with Crippen molar-refractivity contribution in [3.8, 4) is 0 Å². The highest BCUT2D eigenvalue weighted by Crippen LogP contribution is 2.33. The molecule has 3 heteroatoms. The number of aryl methyl sites for hydroxylation is 1. The molecule has 2 rings (SSSR count). The molecule has 0 saturated heterocycles. The number of hydrogen-bond donors (Lipinski definition) is 0. The molecule has 18 heavy (non-hydrogen) atoms. The van der Waals surface area contributed by atoms with Crippen LogP contribution in [0.2, 0.25) is 0 Å². The largest absolute Gasteiger partial charge is 0.207 e. The van der Waals surface area contributed by atoms with Crippen molar-refractivity contribution in [3.63, 3.8) is 0 Å². The van der Waals surface area contributed by atoms with Crippen LogP contribution in [0.25, 0.3) is 0 Å². The average Bonchev–Trinajstić information content (AvgIpc) is 2.35. The molecule has 0 fully saturated rings. The molecule has 2 aromatic carbocycles. The number of halogens is 3. The van der Waals surface area contributed by atoms with Crippen LogP contribution in [0.4, 0.5) is 4.39 Å². The summed E-state index contributed by atoms with van der Waals surface area (Å²) in [6.45, 7) is 2.01. The molecule has 0 saturated carbocycles. The third-order valence-electron chi connectivity index (χ3n) is 2.92. The Labute approximate surface area is 120 Å². The van der Waals surface area contributed by atoms with Crippen molar-refractivity contribution in [1.82, 2.24) is 0 Å². The van der Waals surface area contributed by atoms with Gasteiger partial charge in [-0.05, 0) is 36.1 Å². The van der Waals surface area contributed by atoms with Crippen LogP contribution >= 0.6 is 27.5 Å². The quantitative estimate of drug-likeness (QED) is 0.660. The van der Waals surface area contributed by atoms with E-state index < -0.39 is 0 Å². The predicted molar refractivity (Wildman–Crippen MR) is 77.6 cm³/mol. The van der Waals surface area contributed by atoms with Gasteiger partial charge in [-0.2, -0.15) is 0 Å². The van der Waals surface area contributed by atoms with Crippen LogP contribution in [0.1, 0.15) is 22.1 Å². The Kier molecular flexibility index (Phi) is 4.41. The molecule has 0 aliphatic carbocycles. The summed E-state index contributed by atoms with van der Waals surface area (Å²) in [5.74, 6) is -0.202. The fourth-order valence-electron chi connectivity index (χ4n) is 1.88. The Morgan fingerprint density at radius 1 is 1.17 bits per heavy atom. The number of hydrogen-bond acceptors (Lipinski definition) is 0. The van der Waals surface area contributed by atoms with Crippen LogP contribution in [-0.2, 0) is 6.42 Å². The summed E-state index contributed by atoms with van der Waals surface area (Å²) in [6, 6.07) is 12.7. The third-order valence-corrected chi connectivity index (χ3v) is 4.39. The molecule has 1 unspecified atom stereocenters. The summed E-state index contributed by atoms with van der Waals surface area (Å²) in [7, 11) is 0. The summed E-state index contributed by atoms with van der Waals surface area (Å²) in [5.41, 5.74) is 2.78. The van der Waals surface area contributed by atoms with Crippen molar-refractivity contribution in [1.29, 1.82) is 0 Å². The SMILES string of the molecule is Cc1cccc(C(Cl)Cc2ccccc2F)c1Br. The van der Waals surface area contributed by atoms with Crippen molar-refractivity contribution in [3.05, 3.63) is 69.4 Å². The van der Waals surface area contributed by atoms with Crippen molar-refractivity contribution in [2.75, 3.05) is 0 Å². The molecule has 0 N–H and O–H groups in total. The first-order chi connectivity index (χ1) is 8.59. The second-order valence-electron chi connectivity index (χ2n) is 4.24. The fraction of sp³-hybridized carbons (Fsp3) is 0.200. The van der Waals surface area contributed by atoms with E-state index in [0.29, 0.717) is 12.0 Å². The maximum Gasteiger partial charge on any atom is 0.126 e. The molecular formula is C15H13BrClF. The molecule has 0 bridgehead atoms. The standard InChI is InChI=1S/C15H13BrClF/c1-10-5-4-7-12(15(10)16)13(17)9-11-6-2-3-8-14(11)18/h2-8,13H,9H2,1H3. The van der Waals surface area contributed by atoms with Gasteiger partial charge >= 0.3 is 0 Å². The molecule has 1 atom stereocenters. The molecular weight excluding hydrogens is 315 g/mol. The van der Waals surface area contributed by atoms with E-state index in [9.17, 15) is 4.39 Å². The Balaban J connectivity index is 2.25. The summed E-state index contributed by atoms with van der Waals surface area (Å²) in [4.78, 5) is 0. The maximum atomic E-state index is 13.6. The Bertz CT molecular complexity index is 554. The smallest absolute Gasteiger partial charge is 0.126 e. The van der Waals surface area contributed by atoms with Crippen molar-refractivity contribution < 1.29 is 4.39 Å². The fourth-order valence-corrected chi connectivity index (χ4v) is 2.90. The van der Waals surface area contributed by atoms with Gasteiger partial charge in [0.1, 0.15) is 5.82 Å². The van der Waals surface area contributed by atoms with Gasteiger partial charge in [-0.15, -0.1) is 11.6 Å². The first-order valence-corrected chi connectivity index (χ1v) is 6.95. The van der Waals surface area contributed by atoms with Crippen LogP contribution in [-0.4, -0.2) is 0 Å². The minimum Gasteiger partial charge on any atom is -0.207 e. The monoisotopic (exact) mass is 326 g/mol. The Morgan fingerprint density at radius 2 is 1.89 bits per heavy atom. The third kappa shape index (κ3) is 2.93. The van der Waals surface area contributed by atoms with Crippen LogP contribution < -0.4 is 0 Å². The van der Waals surface area contributed by atoms with Gasteiger partial charge in [0.2, 0.25) is 0 Å². The normalized spacial score (nSPS) is 12.4. The van der Waals surface area contributed by atoms with E-state index in [4.69, 9.17) is 11.6 Å². The van der Waals surface area contributed by atoms with E-state index >= 15 is 0 Å². The lowest BCUT2D eigenvalue weighted by atomic mass is 10.0. The summed E-state index contributed by atoms with van der Waals surface area (Å²) < 4.78 is 14.6. The molecule has 0 heterocycles.